The van der Waals surface area contributed by atoms with E-state index in [1.54, 1.807) is 7.11 Å². The van der Waals surface area contributed by atoms with Crippen LogP contribution in [0.5, 0.6) is 0 Å². The Morgan fingerprint density at radius 2 is 2.23 bits per heavy atom. The fourth-order valence-corrected chi connectivity index (χ4v) is 4.28. The van der Waals surface area contributed by atoms with Crippen LogP contribution >= 0.6 is 11.8 Å². The summed E-state index contributed by atoms with van der Waals surface area (Å²) in [6.07, 6.45) is 0.786. The summed E-state index contributed by atoms with van der Waals surface area (Å²) in [5, 5.41) is 3.66. The Bertz CT molecular complexity index is 643. The summed E-state index contributed by atoms with van der Waals surface area (Å²) in [5.74, 6) is 1.29. The normalized spacial score (nSPS) is 23.1. The van der Waals surface area contributed by atoms with Crippen LogP contribution in [-0.2, 0) is 16.1 Å². The molecule has 3 heterocycles. The summed E-state index contributed by atoms with van der Waals surface area (Å²) in [4.78, 5) is 21.8. The average molecular weight is 319 g/mol. The molecule has 1 aromatic rings. The SMILES string of the molecule is COCc1cc(C)nc2c1[C@H]1N=C(CC(C)C)NC(=O)[C@H]1S2. The molecular weight excluding hydrogens is 298 g/mol. The van der Waals surface area contributed by atoms with Crippen molar-refractivity contribution in [3.8, 4) is 0 Å². The minimum absolute atomic E-state index is 0.0414. The van der Waals surface area contributed by atoms with Gasteiger partial charge in [0.25, 0.3) is 0 Å². The van der Waals surface area contributed by atoms with Gasteiger partial charge in [-0.3, -0.25) is 9.79 Å². The predicted octanol–water partition coefficient (Wildman–Crippen LogP) is 2.63. The Kier molecular flexibility index (Phi) is 4.23. The van der Waals surface area contributed by atoms with Crippen molar-refractivity contribution >= 4 is 23.5 Å². The van der Waals surface area contributed by atoms with Gasteiger partial charge in [-0.25, -0.2) is 4.98 Å². The van der Waals surface area contributed by atoms with Crippen molar-refractivity contribution in [1.29, 1.82) is 0 Å². The first-order valence-corrected chi connectivity index (χ1v) is 8.41. The molecule has 6 heteroatoms. The number of fused-ring (bicyclic) bond motifs is 3. The molecule has 1 amide bonds. The maximum Gasteiger partial charge on any atom is 0.241 e. The van der Waals surface area contributed by atoms with E-state index < -0.39 is 0 Å². The number of amidine groups is 1. The van der Waals surface area contributed by atoms with Gasteiger partial charge in [0.05, 0.1) is 6.61 Å². The number of carbonyl (C=O) groups is 1. The number of pyridine rings is 1. The van der Waals surface area contributed by atoms with E-state index in [9.17, 15) is 4.79 Å². The van der Waals surface area contributed by atoms with Gasteiger partial charge < -0.3 is 10.1 Å². The van der Waals surface area contributed by atoms with Gasteiger partial charge in [0.15, 0.2) is 0 Å². The van der Waals surface area contributed by atoms with Crippen LogP contribution in [0.4, 0.5) is 0 Å². The third kappa shape index (κ3) is 2.77. The molecule has 1 aromatic heterocycles. The summed E-state index contributed by atoms with van der Waals surface area (Å²) in [7, 11) is 1.68. The Balaban J connectivity index is 2.04. The van der Waals surface area contributed by atoms with Crippen LogP contribution in [0.15, 0.2) is 16.1 Å². The topological polar surface area (TPSA) is 63.6 Å². The highest BCUT2D eigenvalue weighted by molar-refractivity contribution is 8.01. The molecule has 2 aliphatic rings. The molecule has 5 nitrogen and oxygen atoms in total. The number of rotatable bonds is 4. The van der Waals surface area contributed by atoms with Gasteiger partial charge in [-0.05, 0) is 24.5 Å². The second-order valence-electron chi connectivity index (χ2n) is 6.22. The first kappa shape index (κ1) is 15.5. The van der Waals surface area contributed by atoms with Crippen molar-refractivity contribution in [2.24, 2.45) is 10.9 Å². The molecule has 1 N–H and O–H groups in total. The monoisotopic (exact) mass is 319 g/mol. The molecule has 0 unspecified atom stereocenters. The highest BCUT2D eigenvalue weighted by atomic mass is 32.2. The van der Waals surface area contributed by atoms with Gasteiger partial charge in [0, 0.05) is 24.8 Å². The number of amides is 1. The van der Waals surface area contributed by atoms with Gasteiger partial charge in [0.1, 0.15) is 22.2 Å². The number of nitrogens with zero attached hydrogens (tertiary/aromatic N) is 2. The number of aromatic nitrogens is 1. The summed E-state index contributed by atoms with van der Waals surface area (Å²) >= 11 is 1.52. The van der Waals surface area contributed by atoms with Gasteiger partial charge in [-0.1, -0.05) is 25.6 Å². The number of hydrogen-bond acceptors (Lipinski definition) is 5. The van der Waals surface area contributed by atoms with Crippen molar-refractivity contribution in [3.05, 3.63) is 22.9 Å². The van der Waals surface area contributed by atoms with Crippen molar-refractivity contribution < 1.29 is 9.53 Å². The van der Waals surface area contributed by atoms with Crippen LogP contribution in [0.25, 0.3) is 0 Å². The maximum absolute atomic E-state index is 12.4. The molecule has 3 rings (SSSR count). The van der Waals surface area contributed by atoms with E-state index >= 15 is 0 Å². The number of thioether (sulfide) groups is 1. The fourth-order valence-electron chi connectivity index (χ4n) is 2.97. The number of methoxy groups -OCH3 is 1. The number of ether oxygens (including phenoxy) is 1. The molecule has 2 aliphatic heterocycles. The number of hydrogen-bond donors (Lipinski definition) is 1. The summed E-state index contributed by atoms with van der Waals surface area (Å²) in [6.45, 7) is 6.74. The van der Waals surface area contributed by atoms with Gasteiger partial charge >= 0.3 is 0 Å². The number of aliphatic imine (C=N–C) groups is 1. The number of aryl methyl sites for hydroxylation is 1. The van der Waals surface area contributed by atoms with E-state index in [2.05, 4.69) is 24.1 Å². The second-order valence-corrected chi connectivity index (χ2v) is 7.35. The zero-order valence-corrected chi connectivity index (χ0v) is 14.2. The van der Waals surface area contributed by atoms with Crippen LogP contribution in [0.2, 0.25) is 0 Å². The minimum Gasteiger partial charge on any atom is -0.380 e. The van der Waals surface area contributed by atoms with Crippen LogP contribution in [0.1, 0.15) is 43.1 Å². The minimum atomic E-state index is -0.212. The molecule has 0 saturated carbocycles. The molecule has 0 saturated heterocycles. The van der Waals surface area contributed by atoms with Crippen molar-refractivity contribution in [3.63, 3.8) is 0 Å². The molecule has 118 valence electrons. The lowest BCUT2D eigenvalue weighted by atomic mass is 9.98. The average Bonchev–Trinajstić information content (AvgIpc) is 2.77. The maximum atomic E-state index is 12.4. The fraction of sp³-hybridized carbons (Fsp3) is 0.562. The van der Waals surface area contributed by atoms with E-state index in [0.717, 1.165) is 34.1 Å². The van der Waals surface area contributed by atoms with E-state index in [4.69, 9.17) is 9.73 Å². The Hall–Kier alpha value is -1.40. The lowest BCUT2D eigenvalue weighted by Crippen LogP contribution is -2.43. The van der Waals surface area contributed by atoms with Crippen molar-refractivity contribution in [2.75, 3.05) is 7.11 Å². The molecule has 22 heavy (non-hydrogen) atoms. The molecule has 0 aromatic carbocycles. The Morgan fingerprint density at radius 3 is 2.91 bits per heavy atom. The summed E-state index contributed by atoms with van der Waals surface area (Å²) < 4.78 is 5.32. The van der Waals surface area contributed by atoms with E-state index in [0.29, 0.717) is 12.5 Å². The lowest BCUT2D eigenvalue weighted by molar-refractivity contribution is -0.119. The van der Waals surface area contributed by atoms with Crippen LogP contribution in [-0.4, -0.2) is 29.1 Å². The quantitative estimate of drug-likeness (QED) is 0.926. The van der Waals surface area contributed by atoms with Crippen molar-refractivity contribution in [2.45, 2.75) is 50.1 Å². The van der Waals surface area contributed by atoms with E-state index in [-0.39, 0.29) is 17.2 Å². The first-order valence-electron chi connectivity index (χ1n) is 7.53. The molecule has 0 fully saturated rings. The zero-order chi connectivity index (χ0) is 15.9. The molecule has 0 radical (unpaired) electrons. The highest BCUT2D eigenvalue weighted by Gasteiger charge is 2.43. The molecule has 2 atom stereocenters. The molecule has 0 spiro atoms. The molecule has 0 aliphatic carbocycles. The van der Waals surface area contributed by atoms with Crippen LogP contribution in [0.3, 0.4) is 0 Å². The summed E-state index contributed by atoms with van der Waals surface area (Å²) in [5.41, 5.74) is 3.11. The number of carbonyl (C=O) groups excluding carboxylic acids is 1. The Morgan fingerprint density at radius 1 is 1.45 bits per heavy atom. The summed E-state index contributed by atoms with van der Waals surface area (Å²) in [6, 6.07) is 1.90. The third-order valence-electron chi connectivity index (χ3n) is 3.78. The zero-order valence-electron chi connectivity index (χ0n) is 13.3. The van der Waals surface area contributed by atoms with Gasteiger partial charge in [-0.2, -0.15) is 0 Å². The predicted molar refractivity (Wildman–Crippen MR) is 87.1 cm³/mol. The third-order valence-corrected chi connectivity index (χ3v) is 5.04. The lowest BCUT2D eigenvalue weighted by Gasteiger charge is -2.25. The largest absolute Gasteiger partial charge is 0.380 e. The van der Waals surface area contributed by atoms with Crippen LogP contribution in [0, 0.1) is 12.8 Å². The highest BCUT2D eigenvalue weighted by Crippen LogP contribution is 2.48. The van der Waals surface area contributed by atoms with E-state index in [1.165, 1.54) is 11.8 Å². The Labute approximate surface area is 134 Å². The van der Waals surface area contributed by atoms with Gasteiger partial charge in [-0.15, -0.1) is 0 Å². The first-order chi connectivity index (χ1) is 10.5. The standard InChI is InChI=1S/C16H21N3O2S/c1-8(2)5-11-18-13-12-10(7-21-4)6-9(3)17-16(12)22-14(13)15(20)19-11/h6,8,13-14H,5,7H2,1-4H3,(H,18,19,20)/t13-,14+/m1/s1. The molecule has 0 bridgehead atoms. The van der Waals surface area contributed by atoms with Crippen molar-refractivity contribution in [1.82, 2.24) is 10.3 Å². The van der Waals surface area contributed by atoms with Crippen LogP contribution < -0.4 is 5.32 Å². The number of nitrogens with one attached hydrogen (secondary N) is 1. The van der Waals surface area contributed by atoms with E-state index in [1.807, 2.05) is 13.0 Å². The second kappa shape index (κ2) is 6.01. The molecular formula is C16H21N3O2S. The smallest absolute Gasteiger partial charge is 0.241 e. The van der Waals surface area contributed by atoms with Gasteiger partial charge in [0.2, 0.25) is 5.91 Å².